The average Bonchev–Trinajstić information content (AvgIpc) is 2.87. The topological polar surface area (TPSA) is 50.3 Å². The zero-order chi connectivity index (χ0) is 16.9. The van der Waals surface area contributed by atoms with Crippen LogP contribution < -0.4 is 15.0 Å². The Morgan fingerprint density at radius 2 is 1.92 bits per heavy atom. The second-order valence-corrected chi connectivity index (χ2v) is 6.48. The number of hydrogen-bond acceptors (Lipinski definition) is 5. The van der Waals surface area contributed by atoms with Crippen molar-refractivity contribution in [2.75, 3.05) is 30.4 Å². The van der Waals surface area contributed by atoms with E-state index in [0.29, 0.717) is 10.8 Å². The minimum Gasteiger partial charge on any atom is -0.495 e. The van der Waals surface area contributed by atoms with Gasteiger partial charge in [0.1, 0.15) is 11.6 Å². The van der Waals surface area contributed by atoms with Crippen LogP contribution in [0.25, 0.3) is 0 Å². The summed E-state index contributed by atoms with van der Waals surface area (Å²) in [6.45, 7) is 4.01. The Labute approximate surface area is 148 Å². The highest BCUT2D eigenvalue weighted by atomic mass is 35.5. The highest BCUT2D eigenvalue weighted by Crippen LogP contribution is 2.32. The third kappa shape index (κ3) is 3.90. The highest BCUT2D eigenvalue weighted by molar-refractivity contribution is 6.31. The van der Waals surface area contributed by atoms with E-state index in [1.165, 1.54) is 25.7 Å². The largest absolute Gasteiger partial charge is 0.495 e. The number of halogens is 1. The first-order chi connectivity index (χ1) is 11.7. The van der Waals surface area contributed by atoms with Crippen molar-refractivity contribution in [1.29, 1.82) is 0 Å². The molecule has 5 nitrogen and oxygen atoms in total. The molecule has 1 aromatic carbocycles. The molecule has 6 heteroatoms. The van der Waals surface area contributed by atoms with E-state index in [-0.39, 0.29) is 0 Å². The number of hydrogen-bond donors (Lipinski definition) is 1. The van der Waals surface area contributed by atoms with Gasteiger partial charge in [-0.25, -0.2) is 4.98 Å². The Morgan fingerprint density at radius 3 is 2.62 bits per heavy atom. The second kappa shape index (κ2) is 7.71. The van der Waals surface area contributed by atoms with Crippen molar-refractivity contribution in [2.45, 2.75) is 32.6 Å². The summed E-state index contributed by atoms with van der Waals surface area (Å²) in [4.78, 5) is 11.4. The number of benzene rings is 1. The molecule has 128 valence electrons. The monoisotopic (exact) mass is 346 g/mol. The summed E-state index contributed by atoms with van der Waals surface area (Å²) in [5, 5.41) is 4.01. The normalized spacial score (nSPS) is 15.0. The summed E-state index contributed by atoms with van der Waals surface area (Å²) >= 11 is 6.17. The minimum atomic E-state index is 0.686. The highest BCUT2D eigenvalue weighted by Gasteiger charge is 2.14. The first-order valence-electron chi connectivity index (χ1n) is 8.36. The zero-order valence-corrected chi connectivity index (χ0v) is 14.9. The molecule has 1 aliphatic rings. The van der Waals surface area contributed by atoms with Gasteiger partial charge < -0.3 is 15.0 Å². The van der Waals surface area contributed by atoms with Gasteiger partial charge in [-0.2, -0.15) is 4.98 Å². The number of ether oxygens (including phenoxy) is 1. The Kier molecular flexibility index (Phi) is 5.41. The molecule has 1 aromatic heterocycles. The number of rotatable bonds is 4. The Hall–Kier alpha value is -2.01. The molecule has 0 spiro atoms. The van der Waals surface area contributed by atoms with Crippen LogP contribution in [0.15, 0.2) is 24.4 Å². The van der Waals surface area contributed by atoms with E-state index in [4.69, 9.17) is 16.3 Å². The lowest BCUT2D eigenvalue weighted by Gasteiger charge is -2.20. The van der Waals surface area contributed by atoms with Gasteiger partial charge in [0.25, 0.3) is 0 Å². The van der Waals surface area contributed by atoms with Gasteiger partial charge in [-0.1, -0.05) is 24.4 Å². The third-order valence-corrected chi connectivity index (χ3v) is 4.68. The molecule has 2 aromatic rings. The van der Waals surface area contributed by atoms with Crippen LogP contribution >= 0.6 is 11.6 Å². The van der Waals surface area contributed by atoms with E-state index in [1.54, 1.807) is 13.3 Å². The van der Waals surface area contributed by atoms with Crippen LogP contribution in [-0.2, 0) is 0 Å². The number of methoxy groups -OCH3 is 1. The predicted molar refractivity (Wildman–Crippen MR) is 98.7 cm³/mol. The van der Waals surface area contributed by atoms with Gasteiger partial charge in [0.05, 0.1) is 12.8 Å². The van der Waals surface area contributed by atoms with E-state index >= 15 is 0 Å². The van der Waals surface area contributed by atoms with Crippen LogP contribution in [-0.4, -0.2) is 30.2 Å². The molecule has 0 aliphatic carbocycles. The van der Waals surface area contributed by atoms with E-state index in [1.807, 2.05) is 25.1 Å². The molecule has 0 atom stereocenters. The molecular weight excluding hydrogens is 324 g/mol. The lowest BCUT2D eigenvalue weighted by molar-refractivity contribution is 0.416. The molecule has 1 N–H and O–H groups in total. The number of aryl methyl sites for hydroxylation is 1. The second-order valence-electron chi connectivity index (χ2n) is 6.07. The summed E-state index contributed by atoms with van der Waals surface area (Å²) in [6, 6.07) is 5.65. The number of anilines is 3. The average molecular weight is 347 g/mol. The van der Waals surface area contributed by atoms with E-state index in [2.05, 4.69) is 20.2 Å². The Bertz CT molecular complexity index is 699. The van der Waals surface area contributed by atoms with Gasteiger partial charge in [-0.15, -0.1) is 0 Å². The molecule has 3 rings (SSSR count). The molecule has 1 fully saturated rings. The molecule has 0 radical (unpaired) electrons. The first kappa shape index (κ1) is 16.8. The van der Waals surface area contributed by atoms with Gasteiger partial charge in [0.15, 0.2) is 0 Å². The lowest BCUT2D eigenvalue weighted by Crippen LogP contribution is -2.26. The molecule has 0 saturated carbocycles. The Balaban J connectivity index is 1.83. The van der Waals surface area contributed by atoms with Crippen molar-refractivity contribution in [3.05, 3.63) is 35.0 Å². The van der Waals surface area contributed by atoms with Gasteiger partial charge in [-0.05, 0) is 37.5 Å². The minimum absolute atomic E-state index is 0.686. The van der Waals surface area contributed by atoms with Gasteiger partial charge in [0, 0.05) is 30.4 Å². The lowest BCUT2D eigenvalue weighted by atomic mass is 10.2. The molecule has 2 heterocycles. The van der Waals surface area contributed by atoms with Crippen molar-refractivity contribution in [3.8, 4) is 5.75 Å². The third-order valence-electron chi connectivity index (χ3n) is 4.28. The van der Waals surface area contributed by atoms with Crippen molar-refractivity contribution >= 4 is 29.1 Å². The SMILES string of the molecule is COc1cc(Cl)c(C)cc1Nc1ccnc(N2CCCCCC2)n1. The van der Waals surface area contributed by atoms with Gasteiger partial charge in [-0.3, -0.25) is 0 Å². The van der Waals surface area contributed by atoms with E-state index in [9.17, 15) is 0 Å². The van der Waals surface area contributed by atoms with Crippen LogP contribution in [0.3, 0.4) is 0 Å². The number of aromatic nitrogens is 2. The summed E-state index contributed by atoms with van der Waals surface area (Å²) in [6.07, 6.45) is 6.77. The Morgan fingerprint density at radius 1 is 1.17 bits per heavy atom. The van der Waals surface area contributed by atoms with Crippen LogP contribution in [0, 0.1) is 6.92 Å². The predicted octanol–water partition coefficient (Wildman–Crippen LogP) is 4.57. The summed E-state index contributed by atoms with van der Waals surface area (Å²) < 4.78 is 5.42. The fourth-order valence-corrected chi connectivity index (χ4v) is 3.06. The quantitative estimate of drug-likeness (QED) is 0.878. The summed E-state index contributed by atoms with van der Waals surface area (Å²) in [5.74, 6) is 2.23. The van der Waals surface area contributed by atoms with Gasteiger partial charge in [0.2, 0.25) is 5.95 Å². The standard InChI is InChI=1S/C18H23ClN4O/c1-13-11-15(16(24-2)12-14(13)19)21-17-7-8-20-18(22-17)23-9-5-3-4-6-10-23/h7-8,11-12H,3-6,9-10H2,1-2H3,(H,20,21,22). The summed E-state index contributed by atoms with van der Waals surface area (Å²) in [5.41, 5.74) is 1.83. The van der Waals surface area contributed by atoms with Crippen molar-refractivity contribution in [2.24, 2.45) is 0 Å². The van der Waals surface area contributed by atoms with Crippen molar-refractivity contribution < 1.29 is 4.74 Å². The van der Waals surface area contributed by atoms with Gasteiger partial charge >= 0.3 is 0 Å². The van der Waals surface area contributed by atoms with Crippen LogP contribution in [0.4, 0.5) is 17.5 Å². The van der Waals surface area contributed by atoms with E-state index in [0.717, 1.165) is 36.1 Å². The molecule has 0 bridgehead atoms. The van der Waals surface area contributed by atoms with Crippen LogP contribution in [0.1, 0.15) is 31.2 Å². The van der Waals surface area contributed by atoms with E-state index < -0.39 is 0 Å². The molecule has 0 unspecified atom stereocenters. The fraction of sp³-hybridized carbons (Fsp3) is 0.444. The van der Waals surface area contributed by atoms with Crippen LogP contribution in [0.2, 0.25) is 5.02 Å². The maximum atomic E-state index is 6.17. The maximum absolute atomic E-state index is 6.17. The maximum Gasteiger partial charge on any atom is 0.227 e. The molecular formula is C18H23ClN4O. The molecule has 1 aliphatic heterocycles. The van der Waals surface area contributed by atoms with Crippen LogP contribution in [0.5, 0.6) is 5.75 Å². The molecule has 0 amide bonds. The smallest absolute Gasteiger partial charge is 0.227 e. The van der Waals surface area contributed by atoms with Crippen molar-refractivity contribution in [1.82, 2.24) is 9.97 Å². The molecule has 1 saturated heterocycles. The first-order valence-corrected chi connectivity index (χ1v) is 8.74. The summed E-state index contributed by atoms with van der Waals surface area (Å²) in [7, 11) is 1.63. The van der Waals surface area contributed by atoms with Crippen molar-refractivity contribution in [3.63, 3.8) is 0 Å². The zero-order valence-electron chi connectivity index (χ0n) is 14.2. The molecule has 24 heavy (non-hydrogen) atoms. The fourth-order valence-electron chi connectivity index (χ4n) is 2.91. The number of nitrogens with one attached hydrogen (secondary N) is 1. The number of nitrogens with zero attached hydrogens (tertiary/aromatic N) is 3.